The molecule has 0 amide bonds. The van der Waals surface area contributed by atoms with Crippen molar-refractivity contribution in [1.82, 2.24) is 9.78 Å². The Morgan fingerprint density at radius 1 is 1.24 bits per heavy atom. The molecule has 1 heterocycles. The van der Waals surface area contributed by atoms with Crippen LogP contribution in [0.15, 0.2) is 24.3 Å². The lowest BCUT2D eigenvalue weighted by Gasteiger charge is -2.12. The highest BCUT2D eigenvalue weighted by Crippen LogP contribution is 2.27. The Hall–Kier alpha value is -1.68. The summed E-state index contributed by atoms with van der Waals surface area (Å²) < 4.78 is 13.4. The maximum atomic E-state index is 5.97. The quantitative estimate of drug-likeness (QED) is 0.729. The SMILES string of the molecule is CCCOc1ccc(CCl)c(OCc2cc(C)nn2C)c1. The van der Waals surface area contributed by atoms with Crippen molar-refractivity contribution in [3.05, 3.63) is 41.2 Å². The van der Waals surface area contributed by atoms with E-state index in [1.165, 1.54) is 0 Å². The average Bonchev–Trinajstić information content (AvgIpc) is 2.81. The number of hydrogen-bond acceptors (Lipinski definition) is 3. The third-order valence-electron chi connectivity index (χ3n) is 3.13. The minimum Gasteiger partial charge on any atom is -0.493 e. The molecule has 5 heteroatoms. The monoisotopic (exact) mass is 308 g/mol. The molecule has 0 aliphatic heterocycles. The van der Waals surface area contributed by atoms with Gasteiger partial charge in [-0.15, -0.1) is 11.6 Å². The second-order valence-electron chi connectivity index (χ2n) is 4.94. The number of alkyl halides is 1. The summed E-state index contributed by atoms with van der Waals surface area (Å²) in [6, 6.07) is 7.78. The molecule has 0 fully saturated rings. The lowest BCUT2D eigenvalue weighted by Crippen LogP contribution is -2.04. The van der Waals surface area contributed by atoms with E-state index in [1.807, 2.05) is 42.9 Å². The van der Waals surface area contributed by atoms with E-state index in [9.17, 15) is 0 Å². The summed E-state index contributed by atoms with van der Waals surface area (Å²) >= 11 is 5.97. The van der Waals surface area contributed by atoms with Gasteiger partial charge in [0.15, 0.2) is 0 Å². The highest BCUT2D eigenvalue weighted by Gasteiger charge is 2.08. The Kier molecular flexibility index (Phi) is 5.51. The van der Waals surface area contributed by atoms with E-state index in [4.69, 9.17) is 21.1 Å². The van der Waals surface area contributed by atoms with Crippen molar-refractivity contribution in [2.75, 3.05) is 6.61 Å². The lowest BCUT2D eigenvalue weighted by atomic mass is 10.2. The molecule has 0 saturated carbocycles. The smallest absolute Gasteiger partial charge is 0.130 e. The molecule has 0 aliphatic rings. The van der Waals surface area contributed by atoms with Crippen LogP contribution in [0.5, 0.6) is 11.5 Å². The van der Waals surface area contributed by atoms with E-state index in [1.54, 1.807) is 0 Å². The van der Waals surface area contributed by atoms with Crippen molar-refractivity contribution in [3.63, 3.8) is 0 Å². The zero-order valence-electron chi connectivity index (χ0n) is 12.7. The molecule has 1 aromatic carbocycles. The normalized spacial score (nSPS) is 10.7. The van der Waals surface area contributed by atoms with E-state index in [0.717, 1.165) is 34.9 Å². The van der Waals surface area contributed by atoms with Crippen LogP contribution in [0.3, 0.4) is 0 Å². The maximum absolute atomic E-state index is 5.97. The van der Waals surface area contributed by atoms with Crippen LogP contribution in [-0.4, -0.2) is 16.4 Å². The summed E-state index contributed by atoms with van der Waals surface area (Å²) in [5.74, 6) is 1.98. The molecule has 2 rings (SSSR count). The standard InChI is InChI=1S/C16H21ClN2O2/c1-4-7-20-15-6-5-13(10-17)16(9-15)21-11-14-8-12(2)18-19(14)3/h5-6,8-9H,4,7,10-11H2,1-3H3. The molecule has 0 atom stereocenters. The highest BCUT2D eigenvalue weighted by molar-refractivity contribution is 6.17. The van der Waals surface area contributed by atoms with E-state index in [2.05, 4.69) is 12.0 Å². The molecule has 0 saturated heterocycles. The number of benzene rings is 1. The Balaban J connectivity index is 2.11. The van der Waals surface area contributed by atoms with Gasteiger partial charge in [0, 0.05) is 18.7 Å². The lowest BCUT2D eigenvalue weighted by molar-refractivity contribution is 0.285. The molecular weight excluding hydrogens is 288 g/mol. The molecule has 1 aromatic heterocycles. The van der Waals surface area contributed by atoms with Gasteiger partial charge >= 0.3 is 0 Å². The molecule has 0 N–H and O–H groups in total. The second kappa shape index (κ2) is 7.36. The fourth-order valence-corrected chi connectivity index (χ4v) is 2.26. The van der Waals surface area contributed by atoms with Crippen LogP contribution < -0.4 is 9.47 Å². The Labute approximate surface area is 130 Å². The minimum atomic E-state index is 0.411. The number of hydrogen-bond donors (Lipinski definition) is 0. The number of aromatic nitrogens is 2. The van der Waals surface area contributed by atoms with Crippen LogP contribution in [0, 0.1) is 6.92 Å². The van der Waals surface area contributed by atoms with Crippen LogP contribution in [0.4, 0.5) is 0 Å². The van der Waals surface area contributed by atoms with Gasteiger partial charge in [0.25, 0.3) is 0 Å². The molecule has 0 radical (unpaired) electrons. The first kappa shape index (κ1) is 15.7. The zero-order valence-corrected chi connectivity index (χ0v) is 13.5. The van der Waals surface area contributed by atoms with Gasteiger partial charge in [-0.25, -0.2) is 0 Å². The van der Waals surface area contributed by atoms with E-state index in [0.29, 0.717) is 19.1 Å². The summed E-state index contributed by atoms with van der Waals surface area (Å²) in [7, 11) is 1.91. The van der Waals surface area contributed by atoms with Crippen molar-refractivity contribution in [2.24, 2.45) is 7.05 Å². The van der Waals surface area contributed by atoms with E-state index in [-0.39, 0.29) is 0 Å². The van der Waals surface area contributed by atoms with Crippen molar-refractivity contribution in [2.45, 2.75) is 32.8 Å². The summed E-state index contributed by atoms with van der Waals surface area (Å²) in [4.78, 5) is 0. The molecule has 21 heavy (non-hydrogen) atoms. The van der Waals surface area contributed by atoms with Gasteiger partial charge in [-0.1, -0.05) is 13.0 Å². The molecule has 0 spiro atoms. The Bertz CT molecular complexity index is 596. The van der Waals surface area contributed by atoms with Crippen molar-refractivity contribution in [3.8, 4) is 11.5 Å². The summed E-state index contributed by atoms with van der Waals surface area (Å²) in [6.07, 6.45) is 0.974. The molecular formula is C16H21ClN2O2. The molecule has 0 aliphatic carbocycles. The summed E-state index contributed by atoms with van der Waals surface area (Å²) in [5.41, 5.74) is 2.96. The number of aryl methyl sites for hydroxylation is 2. The number of nitrogens with zero attached hydrogens (tertiary/aromatic N) is 2. The molecule has 2 aromatic rings. The number of halogens is 1. The van der Waals surface area contributed by atoms with Gasteiger partial charge in [-0.3, -0.25) is 4.68 Å². The van der Waals surface area contributed by atoms with E-state index >= 15 is 0 Å². The molecule has 0 unspecified atom stereocenters. The molecule has 4 nitrogen and oxygen atoms in total. The summed E-state index contributed by atoms with van der Waals surface area (Å²) in [5, 5.41) is 4.31. The first-order valence-corrected chi connectivity index (χ1v) is 7.61. The van der Waals surface area contributed by atoms with Crippen LogP contribution in [0.2, 0.25) is 0 Å². The largest absolute Gasteiger partial charge is 0.493 e. The molecule has 0 bridgehead atoms. The van der Waals surface area contributed by atoms with Crippen molar-refractivity contribution >= 4 is 11.6 Å². The zero-order chi connectivity index (χ0) is 15.2. The van der Waals surface area contributed by atoms with Gasteiger partial charge in [0.2, 0.25) is 0 Å². The Morgan fingerprint density at radius 3 is 2.67 bits per heavy atom. The highest BCUT2D eigenvalue weighted by atomic mass is 35.5. The topological polar surface area (TPSA) is 36.3 Å². The van der Waals surface area contributed by atoms with Gasteiger partial charge in [-0.2, -0.15) is 5.10 Å². The van der Waals surface area contributed by atoms with Gasteiger partial charge in [0.1, 0.15) is 18.1 Å². The maximum Gasteiger partial charge on any atom is 0.130 e. The van der Waals surface area contributed by atoms with E-state index < -0.39 is 0 Å². The predicted molar refractivity (Wildman–Crippen MR) is 84.1 cm³/mol. The fourth-order valence-electron chi connectivity index (χ4n) is 2.04. The number of ether oxygens (including phenoxy) is 2. The van der Waals surface area contributed by atoms with Gasteiger partial charge < -0.3 is 9.47 Å². The van der Waals surface area contributed by atoms with Gasteiger partial charge in [0.05, 0.1) is 23.9 Å². The fraction of sp³-hybridized carbons (Fsp3) is 0.438. The third-order valence-corrected chi connectivity index (χ3v) is 3.42. The number of rotatable bonds is 7. The van der Waals surface area contributed by atoms with Crippen molar-refractivity contribution < 1.29 is 9.47 Å². The van der Waals surface area contributed by atoms with Crippen LogP contribution >= 0.6 is 11.6 Å². The second-order valence-corrected chi connectivity index (χ2v) is 5.21. The minimum absolute atomic E-state index is 0.411. The Morgan fingerprint density at radius 2 is 2.05 bits per heavy atom. The summed E-state index contributed by atoms with van der Waals surface area (Å²) in [6.45, 7) is 5.20. The first-order chi connectivity index (χ1) is 10.1. The first-order valence-electron chi connectivity index (χ1n) is 7.08. The van der Waals surface area contributed by atoms with Crippen molar-refractivity contribution in [1.29, 1.82) is 0 Å². The van der Waals surface area contributed by atoms with Crippen LogP contribution in [-0.2, 0) is 19.5 Å². The van der Waals surface area contributed by atoms with Gasteiger partial charge in [-0.05, 0) is 25.5 Å². The molecule has 114 valence electrons. The van der Waals surface area contributed by atoms with Crippen LogP contribution in [0.25, 0.3) is 0 Å². The third kappa shape index (κ3) is 4.14. The predicted octanol–water partition coefficient (Wildman–Crippen LogP) is 3.84. The average molecular weight is 309 g/mol. The van der Waals surface area contributed by atoms with Crippen LogP contribution in [0.1, 0.15) is 30.3 Å².